The van der Waals surface area contributed by atoms with E-state index in [4.69, 9.17) is 11.6 Å². The molecule has 36 heavy (non-hydrogen) atoms. The number of nitrogens with one attached hydrogen (secondary N) is 1. The molecule has 0 bridgehead atoms. The van der Waals surface area contributed by atoms with Crippen LogP contribution in [-0.4, -0.2) is 26.7 Å². The van der Waals surface area contributed by atoms with Crippen LogP contribution >= 0.6 is 11.6 Å². The van der Waals surface area contributed by atoms with Crippen molar-refractivity contribution < 1.29 is 31.9 Å². The molecule has 12 heteroatoms. The molecule has 0 atom stereocenters. The topological polar surface area (TPSA) is 84.2 Å². The van der Waals surface area contributed by atoms with Crippen LogP contribution in [0.3, 0.4) is 0 Å². The predicted octanol–water partition coefficient (Wildman–Crippen LogP) is 6.48. The van der Waals surface area contributed by atoms with Gasteiger partial charge in [0.25, 0.3) is 11.5 Å². The number of benzene rings is 2. The summed E-state index contributed by atoms with van der Waals surface area (Å²) in [6.07, 6.45) is -2.44. The average Bonchev–Trinajstić information content (AvgIpc) is 2.80. The van der Waals surface area contributed by atoms with E-state index in [1.807, 2.05) is 6.92 Å². The third-order valence-corrected chi connectivity index (χ3v) is 5.06. The zero-order chi connectivity index (χ0) is 27.2. The number of aromatic hydroxyl groups is 1. The molecule has 0 saturated carbocycles. The lowest BCUT2D eigenvalue weighted by atomic mass is 10.1. The minimum absolute atomic E-state index is 0.0552. The summed E-state index contributed by atoms with van der Waals surface area (Å²) in [6.45, 7) is 5.06. The van der Waals surface area contributed by atoms with Gasteiger partial charge >= 0.3 is 6.18 Å². The van der Waals surface area contributed by atoms with Crippen LogP contribution in [0.1, 0.15) is 42.7 Å². The minimum atomic E-state index is -3.96. The lowest BCUT2D eigenvalue weighted by Crippen LogP contribution is -2.24. The third-order valence-electron chi connectivity index (χ3n) is 4.75. The van der Waals surface area contributed by atoms with Crippen molar-refractivity contribution in [3.05, 3.63) is 74.8 Å². The highest BCUT2D eigenvalue weighted by Gasteiger charge is 2.23. The van der Waals surface area contributed by atoms with Crippen LogP contribution in [0.2, 0.25) is 5.02 Å². The zero-order valence-electron chi connectivity index (χ0n) is 19.5. The second-order valence-electron chi connectivity index (χ2n) is 7.60. The Morgan fingerprint density at radius 2 is 1.81 bits per heavy atom. The van der Waals surface area contributed by atoms with Gasteiger partial charge < -0.3 is 15.0 Å². The molecule has 2 aromatic carbocycles. The second-order valence-corrected chi connectivity index (χ2v) is 8.01. The Kier molecular flexibility index (Phi) is 9.57. The summed E-state index contributed by atoms with van der Waals surface area (Å²) < 4.78 is 62.5. The monoisotopic (exact) mass is 531 g/mol. The van der Waals surface area contributed by atoms with Gasteiger partial charge in [-0.05, 0) is 37.6 Å². The number of phenolic OH excluding ortho intramolecular Hbond substituents is 1. The lowest BCUT2D eigenvalue weighted by molar-refractivity contribution is -0.130. The highest BCUT2D eigenvalue weighted by molar-refractivity contribution is 6.34. The number of rotatable bonds is 5. The van der Waals surface area contributed by atoms with E-state index < -0.39 is 47.0 Å². The van der Waals surface area contributed by atoms with Gasteiger partial charge in [0.1, 0.15) is 23.1 Å². The number of carbonyl (C=O) groups excluding carboxylic acids is 1. The van der Waals surface area contributed by atoms with E-state index in [2.05, 4.69) is 10.3 Å². The molecule has 3 rings (SSSR count). The molecule has 1 amide bonds. The van der Waals surface area contributed by atoms with Crippen LogP contribution < -0.4 is 10.9 Å². The number of aryl methyl sites for hydroxylation is 2. The van der Waals surface area contributed by atoms with Crippen LogP contribution in [0.4, 0.5) is 27.6 Å². The zero-order valence-corrected chi connectivity index (χ0v) is 20.3. The molecule has 0 fully saturated rings. The van der Waals surface area contributed by atoms with Gasteiger partial charge in [-0.3, -0.25) is 9.59 Å². The highest BCUT2D eigenvalue weighted by Crippen LogP contribution is 2.30. The summed E-state index contributed by atoms with van der Waals surface area (Å²) in [6, 6.07) is 5.54. The normalized spacial score (nSPS) is 11.0. The predicted molar refractivity (Wildman–Crippen MR) is 126 cm³/mol. The number of alkyl halides is 3. The first-order valence-electron chi connectivity index (χ1n) is 10.7. The van der Waals surface area contributed by atoms with Gasteiger partial charge in [0.2, 0.25) is 0 Å². The van der Waals surface area contributed by atoms with Gasteiger partial charge in [-0.2, -0.15) is 13.2 Å². The molecule has 1 heterocycles. The maximum absolute atomic E-state index is 14.8. The molecular formula is C24H23ClF5N3O3. The average molecular weight is 532 g/mol. The van der Waals surface area contributed by atoms with Crippen molar-refractivity contribution in [3.63, 3.8) is 0 Å². The number of hydrogen-bond donors (Lipinski definition) is 2. The summed E-state index contributed by atoms with van der Waals surface area (Å²) in [5.74, 6) is -3.28. The lowest BCUT2D eigenvalue weighted by Gasteiger charge is -2.12. The summed E-state index contributed by atoms with van der Waals surface area (Å²) in [5, 5.41) is 12.5. The van der Waals surface area contributed by atoms with Gasteiger partial charge in [-0.25, -0.2) is 13.8 Å². The number of carbonyl (C=O) groups is 1. The largest absolute Gasteiger partial charge is 0.507 e. The minimum Gasteiger partial charge on any atom is -0.507 e. The highest BCUT2D eigenvalue weighted by atomic mass is 35.5. The maximum atomic E-state index is 14.8. The smallest absolute Gasteiger partial charge is 0.388 e. The molecule has 0 saturated heterocycles. The molecule has 0 unspecified atom stereocenters. The molecule has 0 aliphatic heterocycles. The van der Waals surface area contributed by atoms with Gasteiger partial charge in [0, 0.05) is 24.7 Å². The number of amides is 1. The molecule has 0 aliphatic carbocycles. The molecule has 1 aromatic heterocycles. The van der Waals surface area contributed by atoms with Gasteiger partial charge in [-0.1, -0.05) is 31.5 Å². The van der Waals surface area contributed by atoms with Crippen LogP contribution in [-0.2, 0) is 6.54 Å². The Bertz CT molecular complexity index is 1290. The first-order chi connectivity index (χ1) is 16.8. The Morgan fingerprint density at radius 1 is 1.17 bits per heavy atom. The molecule has 2 N–H and O–H groups in total. The summed E-state index contributed by atoms with van der Waals surface area (Å²) >= 11 is 5.87. The van der Waals surface area contributed by atoms with E-state index in [1.54, 1.807) is 13.1 Å². The molecule has 0 radical (unpaired) electrons. The van der Waals surface area contributed by atoms with E-state index in [0.29, 0.717) is 18.7 Å². The maximum Gasteiger partial charge on any atom is 0.388 e. The van der Waals surface area contributed by atoms with Crippen molar-refractivity contribution in [3.8, 4) is 17.0 Å². The summed E-state index contributed by atoms with van der Waals surface area (Å²) in [7, 11) is 0. The summed E-state index contributed by atoms with van der Waals surface area (Å²) in [4.78, 5) is 29.2. The molecule has 6 nitrogen and oxygen atoms in total. The molecule has 0 aliphatic rings. The van der Waals surface area contributed by atoms with Crippen LogP contribution in [0.25, 0.3) is 11.3 Å². The number of hydrogen-bond acceptors (Lipinski definition) is 4. The molecule has 194 valence electrons. The third kappa shape index (κ3) is 7.27. The summed E-state index contributed by atoms with van der Waals surface area (Å²) in [5.41, 5.74) is -1.19. The number of nitrogens with zero attached hydrogens (tertiary/aromatic N) is 2. The standard InChI is InChI=1S/C21H18ClF2N3O3.C3H5F3/c1-3-7-27-10-11(2)25-18(21(27)30)12-9-17(28)13(8-16(12)24)20(29)26-19-14(22)5-4-6-15(19)23;1-2-3(4,5)6/h4-6,8-10,28H,3,7H2,1-2H3,(H,26,29);2H2,1H3. The van der Waals surface area contributed by atoms with Crippen LogP contribution in [0.5, 0.6) is 5.75 Å². The van der Waals surface area contributed by atoms with E-state index in [0.717, 1.165) is 25.1 Å². The molecular weight excluding hydrogens is 509 g/mol. The first-order valence-corrected chi connectivity index (χ1v) is 11.1. The number of para-hydroxylation sites is 1. The Morgan fingerprint density at radius 3 is 2.36 bits per heavy atom. The van der Waals surface area contributed by atoms with E-state index >= 15 is 0 Å². The quantitative estimate of drug-likeness (QED) is 0.369. The SMILES string of the molecule is CCC(F)(F)F.CCCn1cc(C)nc(-c2cc(O)c(C(=O)Nc3c(F)cccc3Cl)cc2F)c1=O. The van der Waals surface area contributed by atoms with Gasteiger partial charge in [-0.15, -0.1) is 0 Å². The van der Waals surface area contributed by atoms with E-state index in [-0.39, 0.29) is 22.0 Å². The number of halogens is 6. The van der Waals surface area contributed by atoms with Crippen molar-refractivity contribution in [2.75, 3.05) is 5.32 Å². The number of phenols is 1. The van der Waals surface area contributed by atoms with Crippen molar-refractivity contribution in [1.82, 2.24) is 9.55 Å². The van der Waals surface area contributed by atoms with Crippen LogP contribution in [0.15, 0.2) is 41.3 Å². The van der Waals surface area contributed by atoms with Crippen molar-refractivity contribution in [1.29, 1.82) is 0 Å². The molecule has 3 aromatic rings. The van der Waals surface area contributed by atoms with Gasteiger partial charge in [0.05, 0.1) is 22.0 Å². The van der Waals surface area contributed by atoms with Crippen molar-refractivity contribution in [2.24, 2.45) is 0 Å². The second kappa shape index (κ2) is 12.0. The Labute approximate surface area is 208 Å². The fourth-order valence-electron chi connectivity index (χ4n) is 2.98. The number of aromatic nitrogens is 2. The van der Waals surface area contributed by atoms with E-state index in [9.17, 15) is 36.6 Å². The van der Waals surface area contributed by atoms with Crippen molar-refractivity contribution >= 4 is 23.2 Å². The fraction of sp³-hybridized carbons (Fsp3) is 0.292. The number of anilines is 1. The Hall–Kier alpha value is -3.47. The first kappa shape index (κ1) is 28.8. The van der Waals surface area contributed by atoms with Crippen molar-refractivity contribution in [2.45, 2.75) is 46.3 Å². The van der Waals surface area contributed by atoms with E-state index in [1.165, 1.54) is 16.7 Å². The van der Waals surface area contributed by atoms with Crippen LogP contribution in [0, 0.1) is 18.6 Å². The fourth-order valence-corrected chi connectivity index (χ4v) is 3.19. The molecule has 0 spiro atoms. The van der Waals surface area contributed by atoms with Gasteiger partial charge in [0.15, 0.2) is 0 Å². The Balaban J connectivity index is 0.000000678.